The Bertz CT molecular complexity index is 944. The molecular formula is C17H19N3O5S2. The van der Waals surface area contributed by atoms with E-state index in [1.165, 1.54) is 31.0 Å². The van der Waals surface area contributed by atoms with Crippen molar-refractivity contribution in [1.29, 1.82) is 0 Å². The van der Waals surface area contributed by atoms with Crippen molar-refractivity contribution in [2.75, 3.05) is 12.9 Å². The number of rotatable bonds is 6. The van der Waals surface area contributed by atoms with E-state index < -0.39 is 21.8 Å². The van der Waals surface area contributed by atoms with Crippen molar-refractivity contribution < 1.29 is 22.7 Å². The van der Waals surface area contributed by atoms with Crippen molar-refractivity contribution in [3.8, 4) is 5.75 Å². The van der Waals surface area contributed by atoms with Crippen LogP contribution in [-0.2, 0) is 14.8 Å². The molecule has 0 bridgehead atoms. The zero-order chi connectivity index (χ0) is 20.0. The van der Waals surface area contributed by atoms with Crippen molar-refractivity contribution in [1.82, 2.24) is 10.9 Å². The monoisotopic (exact) mass is 409 g/mol. The summed E-state index contributed by atoms with van der Waals surface area (Å²) in [7, 11) is -2.65. The molecule has 0 spiro atoms. The predicted octanol–water partition coefficient (Wildman–Crippen LogP) is 1.20. The lowest BCUT2D eigenvalue weighted by Crippen LogP contribution is -2.42. The summed E-state index contributed by atoms with van der Waals surface area (Å²) < 4.78 is 27.9. The van der Waals surface area contributed by atoms with E-state index in [1.807, 2.05) is 31.2 Å². The van der Waals surface area contributed by atoms with E-state index in [2.05, 4.69) is 10.9 Å². The van der Waals surface area contributed by atoms with Gasteiger partial charge in [0.2, 0.25) is 15.9 Å². The number of primary sulfonamides is 1. The van der Waals surface area contributed by atoms with Crippen molar-refractivity contribution >= 4 is 33.6 Å². The second-order valence-electron chi connectivity index (χ2n) is 5.51. The third-order valence-electron chi connectivity index (χ3n) is 3.45. The molecule has 2 aromatic rings. The van der Waals surface area contributed by atoms with Gasteiger partial charge in [-0.3, -0.25) is 20.4 Å². The molecule has 0 saturated heterocycles. The fourth-order valence-corrected chi connectivity index (χ4v) is 3.29. The van der Waals surface area contributed by atoms with Gasteiger partial charge in [-0.1, -0.05) is 17.7 Å². The van der Waals surface area contributed by atoms with Crippen molar-refractivity contribution in [3.05, 3.63) is 53.6 Å². The van der Waals surface area contributed by atoms with E-state index in [0.29, 0.717) is 0 Å². The number of amides is 2. The quantitative estimate of drug-likeness (QED) is 0.486. The maximum absolute atomic E-state index is 12.3. The maximum Gasteiger partial charge on any atom is 0.273 e. The Kier molecular flexibility index (Phi) is 6.83. The zero-order valence-corrected chi connectivity index (χ0v) is 16.3. The van der Waals surface area contributed by atoms with Gasteiger partial charge in [0.25, 0.3) is 5.91 Å². The largest absolute Gasteiger partial charge is 0.496 e. The summed E-state index contributed by atoms with van der Waals surface area (Å²) in [5.41, 5.74) is 5.55. The van der Waals surface area contributed by atoms with Gasteiger partial charge in [0.15, 0.2) is 0 Å². The first-order valence-electron chi connectivity index (χ1n) is 7.70. The normalized spacial score (nSPS) is 10.9. The number of benzene rings is 2. The Balaban J connectivity index is 1.98. The first kappa shape index (κ1) is 20.7. The van der Waals surface area contributed by atoms with Crippen molar-refractivity contribution in [2.24, 2.45) is 5.14 Å². The molecule has 10 heteroatoms. The molecule has 0 fully saturated rings. The number of nitrogens with two attached hydrogens (primary N) is 1. The van der Waals surface area contributed by atoms with Gasteiger partial charge in [0, 0.05) is 4.90 Å². The lowest BCUT2D eigenvalue weighted by molar-refractivity contribution is -0.119. The maximum atomic E-state index is 12.3. The second kappa shape index (κ2) is 8.89. The zero-order valence-electron chi connectivity index (χ0n) is 14.7. The van der Waals surface area contributed by atoms with Crippen LogP contribution in [0.3, 0.4) is 0 Å². The third-order valence-corrected chi connectivity index (χ3v) is 5.37. The molecule has 144 valence electrons. The van der Waals surface area contributed by atoms with Crippen LogP contribution in [0.15, 0.2) is 52.3 Å². The summed E-state index contributed by atoms with van der Waals surface area (Å²) in [5.74, 6) is -0.915. The van der Waals surface area contributed by atoms with E-state index in [9.17, 15) is 18.0 Å². The summed E-state index contributed by atoms with van der Waals surface area (Å²) in [6, 6.07) is 11.3. The number of sulfonamides is 1. The molecule has 2 aromatic carbocycles. The number of carbonyl (C=O) groups is 2. The Morgan fingerprint density at radius 3 is 2.37 bits per heavy atom. The Morgan fingerprint density at radius 1 is 1.11 bits per heavy atom. The number of methoxy groups -OCH3 is 1. The molecule has 4 N–H and O–H groups in total. The van der Waals surface area contributed by atoms with Crippen LogP contribution in [0.5, 0.6) is 5.75 Å². The lowest BCUT2D eigenvalue weighted by atomic mass is 10.2. The van der Waals surface area contributed by atoms with E-state index in [0.717, 1.165) is 16.5 Å². The van der Waals surface area contributed by atoms with Gasteiger partial charge in [-0.15, -0.1) is 11.8 Å². The fraction of sp³-hybridized carbons (Fsp3) is 0.176. The van der Waals surface area contributed by atoms with E-state index in [4.69, 9.17) is 9.88 Å². The standard InChI is InChI=1S/C17H19N3O5S2/c1-11-3-5-12(6-4-11)26-10-16(21)19-20-17(22)14-9-13(27(18,23)24)7-8-15(14)25-2/h3-9H,10H2,1-2H3,(H,19,21)(H,20,22)(H2,18,23,24). The molecule has 0 aliphatic rings. The molecule has 0 aliphatic heterocycles. The molecule has 0 aromatic heterocycles. The van der Waals surface area contributed by atoms with Crippen LogP contribution in [0.2, 0.25) is 0 Å². The SMILES string of the molecule is COc1ccc(S(N)(=O)=O)cc1C(=O)NNC(=O)CSc1ccc(C)cc1. The van der Waals surface area contributed by atoms with Crippen LogP contribution >= 0.6 is 11.8 Å². The molecule has 0 aliphatic carbocycles. The predicted molar refractivity (Wildman–Crippen MR) is 102 cm³/mol. The summed E-state index contributed by atoms with van der Waals surface area (Å²) >= 11 is 1.31. The highest BCUT2D eigenvalue weighted by Gasteiger charge is 2.17. The van der Waals surface area contributed by atoms with Crippen LogP contribution in [0.1, 0.15) is 15.9 Å². The Hall–Kier alpha value is -2.56. The van der Waals surface area contributed by atoms with Crippen molar-refractivity contribution in [3.63, 3.8) is 0 Å². The molecule has 0 radical (unpaired) electrons. The average molecular weight is 409 g/mol. The number of hydrogen-bond acceptors (Lipinski definition) is 6. The minimum Gasteiger partial charge on any atom is -0.496 e. The number of hydrazine groups is 1. The summed E-state index contributed by atoms with van der Waals surface area (Å²) in [6.45, 7) is 1.97. The minimum absolute atomic E-state index is 0.0736. The molecule has 0 atom stereocenters. The van der Waals surface area contributed by atoms with Crippen molar-refractivity contribution in [2.45, 2.75) is 16.7 Å². The number of nitrogens with one attached hydrogen (secondary N) is 2. The smallest absolute Gasteiger partial charge is 0.273 e. The van der Waals surface area contributed by atoms with Gasteiger partial charge >= 0.3 is 0 Å². The van der Waals surface area contributed by atoms with Gasteiger partial charge in [0.1, 0.15) is 5.75 Å². The first-order valence-corrected chi connectivity index (χ1v) is 10.2. The highest BCUT2D eigenvalue weighted by molar-refractivity contribution is 8.00. The summed E-state index contributed by atoms with van der Waals surface area (Å²) in [4.78, 5) is 24.9. The molecule has 0 unspecified atom stereocenters. The van der Waals surface area contributed by atoms with Gasteiger partial charge in [-0.2, -0.15) is 0 Å². The second-order valence-corrected chi connectivity index (χ2v) is 8.12. The Labute approximate surface area is 161 Å². The number of hydrogen-bond donors (Lipinski definition) is 3. The number of carbonyl (C=O) groups excluding carboxylic acids is 2. The van der Waals surface area contributed by atoms with Gasteiger partial charge in [-0.25, -0.2) is 13.6 Å². The van der Waals surface area contributed by atoms with Crippen LogP contribution in [0.25, 0.3) is 0 Å². The molecule has 2 rings (SSSR count). The highest BCUT2D eigenvalue weighted by Crippen LogP contribution is 2.22. The minimum atomic E-state index is -3.98. The fourth-order valence-electron chi connectivity index (χ4n) is 2.05. The van der Waals surface area contributed by atoms with Crippen LogP contribution in [0.4, 0.5) is 0 Å². The average Bonchev–Trinajstić information content (AvgIpc) is 2.64. The van der Waals surface area contributed by atoms with Crippen LogP contribution in [0, 0.1) is 6.92 Å². The molecule has 8 nitrogen and oxygen atoms in total. The van der Waals surface area contributed by atoms with Crippen LogP contribution < -0.4 is 20.7 Å². The Morgan fingerprint density at radius 2 is 1.78 bits per heavy atom. The first-order chi connectivity index (χ1) is 12.7. The van der Waals surface area contributed by atoms with E-state index in [1.54, 1.807) is 0 Å². The van der Waals surface area contributed by atoms with Crippen LogP contribution in [-0.4, -0.2) is 33.1 Å². The molecule has 2 amide bonds. The molecular weight excluding hydrogens is 390 g/mol. The van der Waals surface area contributed by atoms with Gasteiger partial charge in [-0.05, 0) is 37.3 Å². The number of ether oxygens (including phenoxy) is 1. The van der Waals surface area contributed by atoms with Gasteiger partial charge in [0.05, 0.1) is 23.3 Å². The molecule has 0 heterocycles. The van der Waals surface area contributed by atoms with Gasteiger partial charge < -0.3 is 4.74 Å². The molecule has 0 saturated carbocycles. The molecule has 27 heavy (non-hydrogen) atoms. The highest BCUT2D eigenvalue weighted by atomic mass is 32.2. The number of thioether (sulfide) groups is 1. The number of aryl methyl sites for hydroxylation is 1. The van der Waals surface area contributed by atoms with E-state index >= 15 is 0 Å². The summed E-state index contributed by atoms with van der Waals surface area (Å²) in [6.07, 6.45) is 0. The topological polar surface area (TPSA) is 128 Å². The summed E-state index contributed by atoms with van der Waals surface area (Å²) in [5, 5.41) is 5.07. The van der Waals surface area contributed by atoms with E-state index in [-0.39, 0.29) is 22.0 Å². The third kappa shape index (κ3) is 5.98. The lowest BCUT2D eigenvalue weighted by Gasteiger charge is -2.11.